The summed E-state index contributed by atoms with van der Waals surface area (Å²) in [6.07, 6.45) is -0.378. The molecule has 0 saturated carbocycles. The number of nitrogens with one attached hydrogen (secondary N) is 1. The molecule has 2 N–H and O–H groups in total. The lowest BCUT2D eigenvalue weighted by molar-refractivity contribution is 0.201. The Morgan fingerprint density at radius 3 is 2.56 bits per heavy atom. The Balaban J connectivity index is 2.92. The van der Waals surface area contributed by atoms with Crippen molar-refractivity contribution < 1.29 is 5.11 Å². The van der Waals surface area contributed by atoms with Gasteiger partial charge in [-0.2, -0.15) is 0 Å². The predicted molar refractivity (Wildman–Crippen MR) is 78.4 cm³/mol. The summed E-state index contributed by atoms with van der Waals surface area (Å²) in [6, 6.07) is 6.34. The van der Waals surface area contributed by atoms with Crippen LogP contribution in [0.3, 0.4) is 0 Å². The Bertz CT molecular complexity index is 380. The van der Waals surface area contributed by atoms with E-state index >= 15 is 0 Å². The van der Waals surface area contributed by atoms with Crippen molar-refractivity contribution in [1.82, 2.24) is 5.32 Å². The number of para-hydroxylation sites is 1. The minimum atomic E-state index is -0.378. The molecule has 1 aromatic carbocycles. The topological polar surface area (TPSA) is 35.5 Å². The quantitative estimate of drug-likeness (QED) is 0.834. The highest BCUT2D eigenvalue weighted by Crippen LogP contribution is 2.29. The van der Waals surface area contributed by atoms with Crippen LogP contribution in [0.2, 0.25) is 5.02 Å². The van der Waals surface area contributed by atoms with Gasteiger partial charge in [-0.25, -0.2) is 0 Å². The van der Waals surface area contributed by atoms with Crippen molar-refractivity contribution in [3.8, 4) is 0 Å². The largest absolute Gasteiger partial charge is 0.392 e. The highest BCUT2D eigenvalue weighted by molar-refractivity contribution is 6.33. The van der Waals surface area contributed by atoms with Crippen LogP contribution in [0.15, 0.2) is 18.2 Å². The molecule has 0 amide bonds. The average molecular weight is 271 g/mol. The molecule has 0 fully saturated rings. The summed E-state index contributed by atoms with van der Waals surface area (Å²) in [5.74, 6) is 0. The van der Waals surface area contributed by atoms with E-state index < -0.39 is 0 Å². The number of rotatable bonds is 6. The maximum absolute atomic E-state index is 9.48. The molecular weight excluding hydrogens is 248 g/mol. The van der Waals surface area contributed by atoms with Gasteiger partial charge in [0.2, 0.25) is 0 Å². The van der Waals surface area contributed by atoms with Crippen LogP contribution in [0.5, 0.6) is 0 Å². The Kier molecular flexibility index (Phi) is 5.93. The number of likely N-dealkylation sites (N-methyl/N-ethyl adjacent to an activating group) is 1. The zero-order valence-electron chi connectivity index (χ0n) is 11.6. The third kappa shape index (κ3) is 4.48. The first-order valence-electron chi connectivity index (χ1n) is 6.31. The summed E-state index contributed by atoms with van der Waals surface area (Å²) in [6.45, 7) is 7.35. The van der Waals surface area contributed by atoms with Crippen LogP contribution in [0.4, 0.5) is 5.69 Å². The zero-order valence-corrected chi connectivity index (χ0v) is 12.3. The molecule has 0 saturated heterocycles. The van der Waals surface area contributed by atoms with Gasteiger partial charge in [0.25, 0.3) is 0 Å². The molecule has 0 heterocycles. The molecule has 102 valence electrons. The van der Waals surface area contributed by atoms with E-state index in [9.17, 15) is 5.11 Å². The standard InChI is InChI=1S/C14H23ClN2O/c1-10(2)16-8-12-6-5-7-13(15)14(12)17(4)9-11(3)18/h5-7,10-11,16,18H,8-9H2,1-4H3. The number of anilines is 1. The summed E-state index contributed by atoms with van der Waals surface area (Å²) in [4.78, 5) is 2.00. The maximum atomic E-state index is 9.48. The third-order valence-electron chi connectivity index (χ3n) is 2.69. The van der Waals surface area contributed by atoms with E-state index in [4.69, 9.17) is 11.6 Å². The van der Waals surface area contributed by atoms with Gasteiger partial charge in [-0.1, -0.05) is 37.6 Å². The second-order valence-electron chi connectivity index (χ2n) is 5.01. The van der Waals surface area contributed by atoms with Gasteiger partial charge in [-0.05, 0) is 18.6 Å². The van der Waals surface area contributed by atoms with Gasteiger partial charge >= 0.3 is 0 Å². The van der Waals surface area contributed by atoms with Crippen LogP contribution in [-0.2, 0) is 6.54 Å². The molecule has 0 spiro atoms. The molecule has 18 heavy (non-hydrogen) atoms. The lowest BCUT2D eigenvalue weighted by atomic mass is 10.1. The molecule has 1 unspecified atom stereocenters. The molecule has 0 aromatic heterocycles. The highest BCUT2D eigenvalue weighted by Gasteiger charge is 2.13. The molecule has 0 aliphatic heterocycles. The van der Waals surface area contributed by atoms with Crippen molar-refractivity contribution in [2.75, 3.05) is 18.5 Å². The molecule has 0 aliphatic rings. The first-order valence-corrected chi connectivity index (χ1v) is 6.69. The SMILES string of the molecule is CC(O)CN(C)c1c(Cl)cccc1CNC(C)C. The highest BCUT2D eigenvalue weighted by atomic mass is 35.5. The first-order chi connectivity index (χ1) is 8.41. The van der Waals surface area contributed by atoms with Gasteiger partial charge in [0.1, 0.15) is 0 Å². The Labute approximate surface area is 115 Å². The predicted octanol–water partition coefficient (Wildman–Crippen LogP) is 2.66. The first kappa shape index (κ1) is 15.3. The molecule has 4 heteroatoms. The van der Waals surface area contributed by atoms with Crippen LogP contribution < -0.4 is 10.2 Å². The monoisotopic (exact) mass is 270 g/mol. The van der Waals surface area contributed by atoms with Crippen LogP contribution in [-0.4, -0.2) is 30.8 Å². The molecule has 1 rings (SSSR count). The van der Waals surface area contributed by atoms with Crippen LogP contribution in [0.1, 0.15) is 26.3 Å². The molecule has 1 atom stereocenters. The van der Waals surface area contributed by atoms with Crippen molar-refractivity contribution in [3.63, 3.8) is 0 Å². The van der Waals surface area contributed by atoms with Crippen molar-refractivity contribution in [2.45, 2.75) is 39.5 Å². The van der Waals surface area contributed by atoms with Gasteiger partial charge in [0.05, 0.1) is 16.8 Å². The van der Waals surface area contributed by atoms with Gasteiger partial charge in [-0.3, -0.25) is 0 Å². The lowest BCUT2D eigenvalue weighted by Crippen LogP contribution is -2.29. The molecular formula is C14H23ClN2O. The normalized spacial score (nSPS) is 12.8. The minimum Gasteiger partial charge on any atom is -0.392 e. The molecule has 0 radical (unpaired) electrons. The van der Waals surface area contributed by atoms with Gasteiger partial charge in [0, 0.05) is 26.2 Å². The number of nitrogens with zero attached hydrogens (tertiary/aromatic N) is 1. The molecule has 0 aliphatic carbocycles. The number of hydrogen-bond acceptors (Lipinski definition) is 3. The molecule has 3 nitrogen and oxygen atoms in total. The van der Waals surface area contributed by atoms with E-state index in [-0.39, 0.29) is 6.10 Å². The summed E-state index contributed by atoms with van der Waals surface area (Å²) in [5, 5.41) is 13.6. The van der Waals surface area contributed by atoms with E-state index in [1.807, 2.05) is 24.1 Å². The van der Waals surface area contributed by atoms with Crippen molar-refractivity contribution in [1.29, 1.82) is 0 Å². The van der Waals surface area contributed by atoms with E-state index in [1.54, 1.807) is 6.92 Å². The number of halogens is 1. The van der Waals surface area contributed by atoms with Gasteiger partial charge in [0.15, 0.2) is 0 Å². The van der Waals surface area contributed by atoms with E-state index in [0.29, 0.717) is 12.6 Å². The van der Waals surface area contributed by atoms with E-state index in [0.717, 1.165) is 22.8 Å². The Morgan fingerprint density at radius 1 is 1.33 bits per heavy atom. The molecule has 0 bridgehead atoms. The van der Waals surface area contributed by atoms with Gasteiger partial charge in [-0.15, -0.1) is 0 Å². The molecule has 1 aromatic rings. The number of aliphatic hydroxyl groups is 1. The summed E-state index contributed by atoms with van der Waals surface area (Å²) < 4.78 is 0. The Hall–Kier alpha value is -0.770. The maximum Gasteiger partial charge on any atom is 0.0686 e. The lowest BCUT2D eigenvalue weighted by Gasteiger charge is -2.25. The fraction of sp³-hybridized carbons (Fsp3) is 0.571. The average Bonchev–Trinajstić information content (AvgIpc) is 2.24. The van der Waals surface area contributed by atoms with E-state index in [1.165, 1.54) is 0 Å². The van der Waals surface area contributed by atoms with Crippen molar-refractivity contribution in [3.05, 3.63) is 28.8 Å². The van der Waals surface area contributed by atoms with E-state index in [2.05, 4.69) is 25.2 Å². The summed E-state index contributed by atoms with van der Waals surface area (Å²) in [7, 11) is 1.95. The number of benzene rings is 1. The second-order valence-corrected chi connectivity index (χ2v) is 5.42. The fourth-order valence-electron chi connectivity index (χ4n) is 1.93. The zero-order chi connectivity index (χ0) is 13.7. The summed E-state index contributed by atoms with van der Waals surface area (Å²) in [5.41, 5.74) is 2.15. The minimum absolute atomic E-state index is 0.378. The van der Waals surface area contributed by atoms with Crippen molar-refractivity contribution >= 4 is 17.3 Å². The second kappa shape index (κ2) is 6.98. The third-order valence-corrected chi connectivity index (χ3v) is 3.00. The van der Waals surface area contributed by atoms with Crippen LogP contribution in [0, 0.1) is 0 Å². The smallest absolute Gasteiger partial charge is 0.0686 e. The number of aliphatic hydroxyl groups excluding tert-OH is 1. The Morgan fingerprint density at radius 2 is 2.00 bits per heavy atom. The van der Waals surface area contributed by atoms with Crippen LogP contribution in [0.25, 0.3) is 0 Å². The number of hydrogen-bond donors (Lipinski definition) is 2. The summed E-state index contributed by atoms with van der Waals surface area (Å²) >= 11 is 6.27. The van der Waals surface area contributed by atoms with Crippen LogP contribution >= 0.6 is 11.6 Å². The fourth-order valence-corrected chi connectivity index (χ4v) is 2.27. The van der Waals surface area contributed by atoms with Gasteiger partial charge < -0.3 is 15.3 Å². The van der Waals surface area contributed by atoms with Crippen molar-refractivity contribution in [2.24, 2.45) is 0 Å².